The SMILES string of the molecule is CN(CCOc1cccc(Cl)c1)C(=O)c1ccc(Cl)c(NC(=O)c2cccs2)c1. The van der Waals surface area contributed by atoms with Crippen molar-refractivity contribution in [3.8, 4) is 5.75 Å². The normalized spacial score (nSPS) is 10.4. The average molecular weight is 449 g/mol. The lowest BCUT2D eigenvalue weighted by Gasteiger charge is -2.18. The third kappa shape index (κ3) is 5.73. The number of rotatable bonds is 7. The maximum atomic E-state index is 12.7. The summed E-state index contributed by atoms with van der Waals surface area (Å²) < 4.78 is 5.63. The molecule has 0 aliphatic carbocycles. The standard InChI is InChI=1S/C21H18Cl2N2O3S/c1-25(9-10-28-16-5-2-4-15(22)13-16)21(27)14-7-8-17(23)18(12-14)24-20(26)19-6-3-11-29-19/h2-8,11-13H,9-10H2,1H3,(H,24,26). The van der Waals surface area contributed by atoms with Crippen molar-refractivity contribution in [3.05, 3.63) is 80.5 Å². The molecule has 0 aliphatic heterocycles. The molecule has 0 unspecified atom stereocenters. The topological polar surface area (TPSA) is 58.6 Å². The van der Waals surface area contributed by atoms with Gasteiger partial charge in [0.05, 0.1) is 22.1 Å². The Bertz CT molecular complexity index is 1010. The summed E-state index contributed by atoms with van der Waals surface area (Å²) in [5.41, 5.74) is 0.806. The van der Waals surface area contributed by atoms with Crippen LogP contribution in [0.15, 0.2) is 60.0 Å². The van der Waals surface area contributed by atoms with Gasteiger partial charge >= 0.3 is 0 Å². The van der Waals surface area contributed by atoms with Crippen LogP contribution in [0.4, 0.5) is 5.69 Å². The molecule has 3 rings (SSSR count). The Morgan fingerprint density at radius 2 is 1.93 bits per heavy atom. The number of amides is 2. The van der Waals surface area contributed by atoms with Crippen LogP contribution >= 0.6 is 34.5 Å². The second kappa shape index (κ2) is 9.78. The van der Waals surface area contributed by atoms with Crippen molar-refractivity contribution in [1.29, 1.82) is 0 Å². The van der Waals surface area contributed by atoms with E-state index in [1.807, 2.05) is 5.38 Å². The van der Waals surface area contributed by atoms with Crippen LogP contribution in [0.2, 0.25) is 10.0 Å². The Kier molecular flexibility index (Phi) is 7.14. The molecular weight excluding hydrogens is 431 g/mol. The molecule has 5 nitrogen and oxygen atoms in total. The number of hydrogen-bond donors (Lipinski definition) is 1. The van der Waals surface area contributed by atoms with E-state index in [1.54, 1.807) is 66.5 Å². The van der Waals surface area contributed by atoms with Crippen molar-refractivity contribution in [2.24, 2.45) is 0 Å². The molecule has 0 saturated carbocycles. The van der Waals surface area contributed by atoms with E-state index in [-0.39, 0.29) is 11.8 Å². The monoisotopic (exact) mass is 448 g/mol. The number of nitrogens with one attached hydrogen (secondary N) is 1. The Morgan fingerprint density at radius 3 is 2.66 bits per heavy atom. The van der Waals surface area contributed by atoms with Gasteiger partial charge in [0.15, 0.2) is 0 Å². The maximum absolute atomic E-state index is 12.7. The van der Waals surface area contributed by atoms with Gasteiger partial charge in [-0.3, -0.25) is 9.59 Å². The molecule has 1 N–H and O–H groups in total. The summed E-state index contributed by atoms with van der Waals surface area (Å²) in [6, 6.07) is 15.4. The van der Waals surface area contributed by atoms with Gasteiger partial charge in [0, 0.05) is 17.6 Å². The molecule has 2 aromatic carbocycles. The maximum Gasteiger partial charge on any atom is 0.265 e. The molecule has 0 radical (unpaired) electrons. The molecule has 0 spiro atoms. The highest BCUT2D eigenvalue weighted by Crippen LogP contribution is 2.25. The molecule has 0 saturated heterocycles. The first-order chi connectivity index (χ1) is 13.9. The van der Waals surface area contributed by atoms with Crippen LogP contribution in [-0.4, -0.2) is 36.9 Å². The largest absolute Gasteiger partial charge is 0.492 e. The lowest BCUT2D eigenvalue weighted by Crippen LogP contribution is -2.31. The first-order valence-electron chi connectivity index (χ1n) is 8.72. The molecule has 0 atom stereocenters. The predicted octanol–water partition coefficient (Wildman–Crippen LogP) is 5.46. The highest BCUT2D eigenvalue weighted by Gasteiger charge is 2.15. The van der Waals surface area contributed by atoms with Crippen LogP contribution in [0.3, 0.4) is 0 Å². The number of carbonyl (C=O) groups excluding carboxylic acids is 2. The molecule has 2 amide bonds. The lowest BCUT2D eigenvalue weighted by atomic mass is 10.1. The van der Waals surface area contributed by atoms with E-state index in [0.717, 1.165) is 0 Å². The minimum Gasteiger partial charge on any atom is -0.492 e. The van der Waals surface area contributed by atoms with Crippen LogP contribution in [0.25, 0.3) is 0 Å². The number of thiophene rings is 1. The number of ether oxygens (including phenoxy) is 1. The summed E-state index contributed by atoms with van der Waals surface area (Å²) in [5, 5.41) is 5.51. The molecule has 8 heteroatoms. The molecule has 1 heterocycles. The van der Waals surface area contributed by atoms with Crippen molar-refractivity contribution >= 4 is 52.0 Å². The fourth-order valence-corrected chi connectivity index (χ4v) is 3.49. The number of benzene rings is 2. The minimum atomic E-state index is -0.269. The third-order valence-corrected chi connectivity index (χ3v) is 5.48. The summed E-state index contributed by atoms with van der Waals surface area (Å²) in [4.78, 5) is 27.1. The molecule has 1 aromatic heterocycles. The van der Waals surface area contributed by atoms with Gasteiger partial charge in [0.1, 0.15) is 12.4 Å². The fourth-order valence-electron chi connectivity index (χ4n) is 2.52. The van der Waals surface area contributed by atoms with Crippen molar-refractivity contribution < 1.29 is 14.3 Å². The van der Waals surface area contributed by atoms with Crippen LogP contribution in [-0.2, 0) is 0 Å². The van der Waals surface area contributed by atoms with Crippen molar-refractivity contribution in [2.75, 3.05) is 25.5 Å². The van der Waals surface area contributed by atoms with E-state index in [4.69, 9.17) is 27.9 Å². The van der Waals surface area contributed by atoms with Crippen molar-refractivity contribution in [1.82, 2.24) is 4.90 Å². The van der Waals surface area contributed by atoms with E-state index in [0.29, 0.717) is 45.1 Å². The van der Waals surface area contributed by atoms with Gasteiger partial charge in [-0.1, -0.05) is 35.3 Å². The number of likely N-dealkylation sites (N-methyl/N-ethyl adjacent to an activating group) is 1. The summed E-state index contributed by atoms with van der Waals surface area (Å²) in [6.45, 7) is 0.697. The van der Waals surface area contributed by atoms with Gasteiger partial charge in [0.25, 0.3) is 11.8 Å². The van der Waals surface area contributed by atoms with Crippen molar-refractivity contribution in [2.45, 2.75) is 0 Å². The summed E-state index contributed by atoms with van der Waals surface area (Å²) >= 11 is 13.4. The van der Waals surface area contributed by atoms with Gasteiger partial charge in [-0.05, 0) is 47.8 Å². The molecule has 3 aromatic rings. The zero-order valence-corrected chi connectivity index (χ0v) is 17.9. The van der Waals surface area contributed by atoms with Gasteiger partial charge in [0.2, 0.25) is 0 Å². The van der Waals surface area contributed by atoms with E-state index >= 15 is 0 Å². The lowest BCUT2D eigenvalue weighted by molar-refractivity contribution is 0.0773. The summed E-state index contributed by atoms with van der Waals surface area (Å²) in [6.07, 6.45) is 0. The molecular formula is C21H18Cl2N2O3S. The first kappa shape index (κ1) is 21.2. The summed E-state index contributed by atoms with van der Waals surface area (Å²) in [5.74, 6) is 0.168. The Hall–Kier alpha value is -2.54. The number of carbonyl (C=O) groups is 2. The van der Waals surface area contributed by atoms with E-state index in [1.165, 1.54) is 11.3 Å². The highest BCUT2D eigenvalue weighted by atomic mass is 35.5. The molecule has 0 bridgehead atoms. The summed E-state index contributed by atoms with van der Waals surface area (Å²) in [7, 11) is 1.68. The second-order valence-corrected chi connectivity index (χ2v) is 7.95. The highest BCUT2D eigenvalue weighted by molar-refractivity contribution is 7.12. The van der Waals surface area contributed by atoms with Crippen LogP contribution in [0.5, 0.6) is 5.75 Å². The number of hydrogen-bond acceptors (Lipinski definition) is 4. The van der Waals surface area contributed by atoms with E-state index < -0.39 is 0 Å². The number of nitrogens with zero attached hydrogens (tertiary/aromatic N) is 1. The Labute approximate surface area is 182 Å². The zero-order valence-electron chi connectivity index (χ0n) is 15.5. The fraction of sp³-hybridized carbons (Fsp3) is 0.143. The van der Waals surface area contributed by atoms with Gasteiger partial charge in [-0.2, -0.15) is 0 Å². The van der Waals surface area contributed by atoms with Crippen LogP contribution in [0.1, 0.15) is 20.0 Å². The molecule has 0 aliphatic rings. The average Bonchev–Trinajstić information content (AvgIpc) is 3.24. The van der Waals surface area contributed by atoms with Gasteiger partial charge in [-0.15, -0.1) is 11.3 Å². The van der Waals surface area contributed by atoms with Gasteiger partial charge < -0.3 is 15.0 Å². The molecule has 0 fully saturated rings. The molecule has 29 heavy (non-hydrogen) atoms. The van der Waals surface area contributed by atoms with Crippen LogP contribution in [0, 0.1) is 0 Å². The van der Waals surface area contributed by atoms with Crippen molar-refractivity contribution in [3.63, 3.8) is 0 Å². The van der Waals surface area contributed by atoms with Gasteiger partial charge in [-0.25, -0.2) is 0 Å². The minimum absolute atomic E-state index is 0.206. The molecule has 150 valence electrons. The number of halogens is 2. The third-order valence-electron chi connectivity index (χ3n) is 4.04. The van der Waals surface area contributed by atoms with Crippen LogP contribution < -0.4 is 10.1 Å². The zero-order chi connectivity index (χ0) is 20.8. The van der Waals surface area contributed by atoms with E-state index in [9.17, 15) is 9.59 Å². The Balaban J connectivity index is 1.61. The smallest absolute Gasteiger partial charge is 0.265 e. The second-order valence-electron chi connectivity index (χ2n) is 6.16. The predicted molar refractivity (Wildman–Crippen MR) is 118 cm³/mol. The quantitative estimate of drug-likeness (QED) is 0.521. The Morgan fingerprint density at radius 1 is 1.10 bits per heavy atom. The first-order valence-corrected chi connectivity index (χ1v) is 10.4. The van der Waals surface area contributed by atoms with E-state index in [2.05, 4.69) is 5.32 Å². The number of anilines is 1.